The van der Waals surface area contributed by atoms with Gasteiger partial charge in [-0.05, 0) is 63.8 Å². The number of carbonyl (C=O) groups excluding carboxylic acids is 1. The van der Waals surface area contributed by atoms with E-state index in [4.69, 9.17) is 19.2 Å². The summed E-state index contributed by atoms with van der Waals surface area (Å²) in [6.45, 7) is 10.1. The van der Waals surface area contributed by atoms with Gasteiger partial charge in [0, 0.05) is 10.9 Å². The Kier molecular flexibility index (Phi) is 7.89. The molecule has 0 unspecified atom stereocenters. The molecule has 206 valence electrons. The maximum atomic E-state index is 14.1. The summed E-state index contributed by atoms with van der Waals surface area (Å²) in [6.07, 6.45) is 1.79. The molecular weight excluding hydrogens is 524 g/mol. The molecule has 0 saturated carbocycles. The number of aromatic nitrogens is 1. The molecule has 0 fully saturated rings. The lowest BCUT2D eigenvalue weighted by Crippen LogP contribution is -2.40. The highest BCUT2D eigenvalue weighted by atomic mass is 32.1. The van der Waals surface area contributed by atoms with Gasteiger partial charge in [-0.3, -0.25) is 9.36 Å². The van der Waals surface area contributed by atoms with Crippen molar-refractivity contribution < 1.29 is 19.0 Å². The second kappa shape index (κ2) is 11.5. The van der Waals surface area contributed by atoms with Crippen LogP contribution >= 0.6 is 11.3 Å². The predicted octanol–water partition coefficient (Wildman–Crippen LogP) is 5.14. The van der Waals surface area contributed by atoms with E-state index in [2.05, 4.69) is 0 Å². The fourth-order valence-corrected chi connectivity index (χ4v) is 6.03. The molecular formula is C32H32N2O5S. The van der Waals surface area contributed by atoms with E-state index in [1.54, 1.807) is 18.4 Å². The first kappa shape index (κ1) is 27.4. The van der Waals surface area contributed by atoms with E-state index >= 15 is 0 Å². The molecule has 0 N–H and O–H groups in total. The van der Waals surface area contributed by atoms with Gasteiger partial charge < -0.3 is 14.2 Å². The number of para-hydroxylation sites is 1. The summed E-state index contributed by atoms with van der Waals surface area (Å²) in [5.41, 5.74) is 2.20. The Morgan fingerprint density at radius 2 is 1.73 bits per heavy atom. The number of allylic oxidation sites excluding steroid dienone is 1. The van der Waals surface area contributed by atoms with E-state index in [1.165, 1.54) is 11.3 Å². The van der Waals surface area contributed by atoms with Crippen molar-refractivity contribution in [2.75, 3.05) is 13.2 Å². The highest BCUT2D eigenvalue weighted by Crippen LogP contribution is 2.36. The molecule has 1 aliphatic rings. The Hall–Kier alpha value is -4.17. The minimum atomic E-state index is -0.746. The SMILES string of the molecule is CCOC(=O)C1=C(C)N=c2s/c(=C/c3ccc(OCC)c4ccccc34)c(=O)n2[C@H]1c1ccccc1OC(C)C. The molecule has 0 bridgehead atoms. The van der Waals surface area contributed by atoms with Crippen LogP contribution in [-0.4, -0.2) is 29.9 Å². The van der Waals surface area contributed by atoms with E-state index in [9.17, 15) is 9.59 Å². The normalized spacial score (nSPS) is 15.2. The molecule has 0 aliphatic carbocycles. The molecule has 1 aromatic heterocycles. The molecule has 40 heavy (non-hydrogen) atoms. The van der Waals surface area contributed by atoms with Crippen LogP contribution in [0.3, 0.4) is 0 Å². The van der Waals surface area contributed by atoms with Crippen LogP contribution in [0, 0.1) is 0 Å². The van der Waals surface area contributed by atoms with Gasteiger partial charge in [0.1, 0.15) is 17.5 Å². The van der Waals surface area contributed by atoms with Crippen molar-refractivity contribution in [3.63, 3.8) is 0 Å². The number of esters is 1. The number of nitrogens with zero attached hydrogens (tertiary/aromatic N) is 2. The van der Waals surface area contributed by atoms with Crippen molar-refractivity contribution in [2.24, 2.45) is 4.99 Å². The van der Waals surface area contributed by atoms with Gasteiger partial charge in [-0.2, -0.15) is 0 Å². The summed E-state index contributed by atoms with van der Waals surface area (Å²) in [5, 5.41) is 1.96. The first-order valence-electron chi connectivity index (χ1n) is 13.4. The average molecular weight is 557 g/mol. The van der Waals surface area contributed by atoms with Crippen LogP contribution in [-0.2, 0) is 9.53 Å². The molecule has 0 radical (unpaired) electrons. The fraction of sp³-hybridized carbons (Fsp3) is 0.281. The van der Waals surface area contributed by atoms with E-state index in [0.29, 0.717) is 38.5 Å². The van der Waals surface area contributed by atoms with Crippen LogP contribution < -0.4 is 24.4 Å². The van der Waals surface area contributed by atoms with Crippen LogP contribution in [0.2, 0.25) is 0 Å². The second-order valence-electron chi connectivity index (χ2n) is 9.64. The van der Waals surface area contributed by atoms with E-state index in [0.717, 1.165) is 22.1 Å². The summed E-state index contributed by atoms with van der Waals surface area (Å²) >= 11 is 1.30. The maximum absolute atomic E-state index is 14.1. The lowest BCUT2D eigenvalue weighted by atomic mass is 9.95. The third kappa shape index (κ3) is 5.07. The number of ether oxygens (including phenoxy) is 3. The fourth-order valence-electron chi connectivity index (χ4n) is 5.00. The molecule has 8 heteroatoms. The van der Waals surface area contributed by atoms with Gasteiger partial charge in [-0.1, -0.05) is 59.9 Å². The Bertz CT molecular complexity index is 1800. The number of benzene rings is 3. The van der Waals surface area contributed by atoms with Crippen molar-refractivity contribution in [1.82, 2.24) is 4.57 Å². The highest BCUT2D eigenvalue weighted by molar-refractivity contribution is 7.07. The van der Waals surface area contributed by atoms with Gasteiger partial charge in [-0.25, -0.2) is 9.79 Å². The minimum absolute atomic E-state index is 0.0963. The van der Waals surface area contributed by atoms with Crippen LogP contribution in [0.5, 0.6) is 11.5 Å². The molecule has 7 nitrogen and oxygen atoms in total. The standard InChI is InChI=1S/C32H32N2O5S/c1-6-37-25-17-16-21(22-12-8-9-13-23(22)25)18-27-30(35)34-29(24-14-10-11-15-26(24)39-19(3)4)28(31(36)38-7-2)20(5)33-32(34)40-27/h8-19,29H,6-7H2,1-5H3/b27-18+/t29-/m0/s1. The molecule has 3 aromatic carbocycles. The smallest absolute Gasteiger partial charge is 0.338 e. The van der Waals surface area contributed by atoms with Crippen LogP contribution in [0.25, 0.3) is 16.8 Å². The van der Waals surface area contributed by atoms with Gasteiger partial charge in [0.05, 0.1) is 35.1 Å². The third-order valence-corrected chi connectivity index (χ3v) is 7.58. The summed E-state index contributed by atoms with van der Waals surface area (Å²) in [4.78, 5) is 32.6. The third-order valence-electron chi connectivity index (χ3n) is 6.60. The number of thiazole rings is 1. The van der Waals surface area contributed by atoms with Gasteiger partial charge in [0.2, 0.25) is 0 Å². The molecule has 0 amide bonds. The van der Waals surface area contributed by atoms with Crippen molar-refractivity contribution >= 4 is 34.2 Å². The molecule has 1 aliphatic heterocycles. The lowest BCUT2D eigenvalue weighted by molar-refractivity contribution is -0.139. The van der Waals surface area contributed by atoms with E-state index in [1.807, 2.05) is 87.5 Å². The molecule has 0 saturated heterocycles. The molecule has 1 atom stereocenters. The predicted molar refractivity (Wildman–Crippen MR) is 158 cm³/mol. The van der Waals surface area contributed by atoms with Crippen LogP contribution in [0.15, 0.2) is 81.7 Å². The number of rotatable bonds is 8. The van der Waals surface area contributed by atoms with E-state index in [-0.39, 0.29) is 18.3 Å². The molecule has 4 aromatic rings. The average Bonchev–Trinajstić information content (AvgIpc) is 3.23. The van der Waals surface area contributed by atoms with Crippen LogP contribution in [0.4, 0.5) is 0 Å². The Morgan fingerprint density at radius 3 is 2.45 bits per heavy atom. The highest BCUT2D eigenvalue weighted by Gasteiger charge is 2.35. The zero-order valence-corrected chi connectivity index (χ0v) is 24.1. The van der Waals surface area contributed by atoms with Gasteiger partial charge >= 0.3 is 5.97 Å². The molecule has 2 heterocycles. The first-order chi connectivity index (χ1) is 19.3. The quantitative estimate of drug-likeness (QED) is 0.281. The molecule has 5 rings (SSSR count). The summed E-state index contributed by atoms with van der Waals surface area (Å²) in [6, 6.07) is 18.6. The summed E-state index contributed by atoms with van der Waals surface area (Å²) < 4.78 is 19.5. The number of fused-ring (bicyclic) bond motifs is 2. The number of hydrogen-bond acceptors (Lipinski definition) is 7. The first-order valence-corrected chi connectivity index (χ1v) is 14.3. The van der Waals surface area contributed by atoms with Crippen molar-refractivity contribution in [3.8, 4) is 11.5 Å². The van der Waals surface area contributed by atoms with Gasteiger partial charge in [0.25, 0.3) is 5.56 Å². The summed E-state index contributed by atoms with van der Waals surface area (Å²) in [7, 11) is 0. The van der Waals surface area contributed by atoms with Crippen molar-refractivity contribution in [1.29, 1.82) is 0 Å². The van der Waals surface area contributed by atoms with Gasteiger partial charge in [-0.15, -0.1) is 0 Å². The monoisotopic (exact) mass is 556 g/mol. The largest absolute Gasteiger partial charge is 0.493 e. The van der Waals surface area contributed by atoms with Crippen molar-refractivity contribution in [2.45, 2.75) is 46.8 Å². The summed E-state index contributed by atoms with van der Waals surface area (Å²) in [5.74, 6) is 0.902. The van der Waals surface area contributed by atoms with Gasteiger partial charge in [0.15, 0.2) is 4.80 Å². The number of hydrogen-bond donors (Lipinski definition) is 0. The van der Waals surface area contributed by atoms with Crippen LogP contribution in [0.1, 0.15) is 51.8 Å². The Labute approximate surface area is 236 Å². The maximum Gasteiger partial charge on any atom is 0.338 e. The lowest BCUT2D eigenvalue weighted by Gasteiger charge is -2.26. The van der Waals surface area contributed by atoms with Crippen molar-refractivity contribution in [3.05, 3.63) is 103 Å². The topological polar surface area (TPSA) is 79.1 Å². The zero-order valence-electron chi connectivity index (χ0n) is 23.3. The minimum Gasteiger partial charge on any atom is -0.493 e. The Balaban J connectivity index is 1.75. The second-order valence-corrected chi connectivity index (χ2v) is 10.6. The zero-order chi connectivity index (χ0) is 28.4. The molecule has 0 spiro atoms. The number of carbonyl (C=O) groups is 1. The Morgan fingerprint density at radius 1 is 1.00 bits per heavy atom. The van der Waals surface area contributed by atoms with E-state index < -0.39 is 12.0 Å².